The van der Waals surface area contributed by atoms with E-state index in [-0.39, 0.29) is 18.4 Å². The van der Waals surface area contributed by atoms with Crippen LogP contribution in [0.3, 0.4) is 0 Å². The molecule has 1 saturated carbocycles. The van der Waals surface area contributed by atoms with Crippen molar-refractivity contribution < 1.29 is 14.7 Å². The fourth-order valence-electron chi connectivity index (χ4n) is 1.26. The van der Waals surface area contributed by atoms with Crippen molar-refractivity contribution in [2.75, 3.05) is 0 Å². The molecule has 72 valence electrons. The van der Waals surface area contributed by atoms with Gasteiger partial charge in [-0.15, -0.1) is 0 Å². The first-order chi connectivity index (χ1) is 6.13. The number of carboxylic acid groups (broad SMARTS) is 1. The fraction of sp³-hybridized carbons (Fsp3) is 0.556. The summed E-state index contributed by atoms with van der Waals surface area (Å²) < 4.78 is 0. The molecule has 13 heavy (non-hydrogen) atoms. The molecule has 0 spiro atoms. The molecule has 1 fully saturated rings. The Hall–Kier alpha value is -1.32. The number of carbonyl (C=O) groups excluding carboxylic acids is 1. The molecule has 0 aromatic rings. The Morgan fingerprint density at radius 2 is 2.23 bits per heavy atom. The summed E-state index contributed by atoms with van der Waals surface area (Å²) in [6.45, 7) is 3.31. The molecule has 1 unspecified atom stereocenters. The van der Waals surface area contributed by atoms with Crippen LogP contribution in [0.15, 0.2) is 12.7 Å². The zero-order valence-electron chi connectivity index (χ0n) is 7.32. The summed E-state index contributed by atoms with van der Waals surface area (Å²) in [6.07, 6.45) is 3.19. The summed E-state index contributed by atoms with van der Waals surface area (Å²) >= 11 is 0. The van der Waals surface area contributed by atoms with Crippen molar-refractivity contribution in [1.82, 2.24) is 5.32 Å². The van der Waals surface area contributed by atoms with Crippen molar-refractivity contribution in [2.24, 2.45) is 5.92 Å². The number of aliphatic carboxylic acids is 1. The smallest absolute Gasteiger partial charge is 0.305 e. The van der Waals surface area contributed by atoms with E-state index in [2.05, 4.69) is 11.9 Å². The SMILES string of the molecule is C=CC(=O)NC(CC(=O)O)C1CC1. The van der Waals surface area contributed by atoms with Crippen LogP contribution in [0.25, 0.3) is 0 Å². The van der Waals surface area contributed by atoms with Crippen molar-refractivity contribution in [3.8, 4) is 0 Å². The van der Waals surface area contributed by atoms with Crippen LogP contribution in [0, 0.1) is 5.92 Å². The summed E-state index contributed by atoms with van der Waals surface area (Å²) in [5.74, 6) is -0.820. The van der Waals surface area contributed by atoms with Gasteiger partial charge in [0.25, 0.3) is 0 Å². The Balaban J connectivity index is 2.42. The van der Waals surface area contributed by atoms with Crippen molar-refractivity contribution >= 4 is 11.9 Å². The van der Waals surface area contributed by atoms with Gasteiger partial charge in [-0.1, -0.05) is 6.58 Å². The number of rotatable bonds is 5. The molecule has 0 bridgehead atoms. The number of carboxylic acids is 1. The molecule has 1 aliphatic carbocycles. The maximum atomic E-state index is 10.9. The van der Waals surface area contributed by atoms with E-state index in [1.165, 1.54) is 0 Å². The first kappa shape index (κ1) is 9.77. The highest BCUT2D eigenvalue weighted by atomic mass is 16.4. The molecule has 4 heteroatoms. The summed E-state index contributed by atoms with van der Waals surface area (Å²) in [7, 11) is 0. The van der Waals surface area contributed by atoms with Gasteiger partial charge in [-0.05, 0) is 24.8 Å². The van der Waals surface area contributed by atoms with Crippen LogP contribution in [0.5, 0.6) is 0 Å². The van der Waals surface area contributed by atoms with E-state index in [1.54, 1.807) is 0 Å². The average molecular weight is 183 g/mol. The number of hydrogen-bond donors (Lipinski definition) is 2. The predicted molar refractivity (Wildman–Crippen MR) is 47.1 cm³/mol. The van der Waals surface area contributed by atoms with Gasteiger partial charge in [-0.3, -0.25) is 9.59 Å². The molecular formula is C9H13NO3. The van der Waals surface area contributed by atoms with Gasteiger partial charge in [0.1, 0.15) is 0 Å². The Labute approximate surface area is 76.6 Å². The Morgan fingerprint density at radius 3 is 2.62 bits per heavy atom. The molecule has 0 aliphatic heterocycles. The summed E-state index contributed by atoms with van der Waals surface area (Å²) in [4.78, 5) is 21.3. The Morgan fingerprint density at radius 1 is 1.62 bits per heavy atom. The van der Waals surface area contributed by atoms with Crippen LogP contribution < -0.4 is 5.32 Å². The van der Waals surface area contributed by atoms with Crippen molar-refractivity contribution in [1.29, 1.82) is 0 Å². The molecule has 0 aromatic carbocycles. The second kappa shape index (κ2) is 4.07. The molecular weight excluding hydrogens is 170 g/mol. The van der Waals surface area contributed by atoms with Crippen LogP contribution >= 0.6 is 0 Å². The lowest BCUT2D eigenvalue weighted by molar-refractivity contribution is -0.137. The largest absolute Gasteiger partial charge is 0.481 e. The first-order valence-corrected chi connectivity index (χ1v) is 4.28. The number of amides is 1. The van der Waals surface area contributed by atoms with E-state index in [0.717, 1.165) is 18.9 Å². The predicted octanol–water partition coefficient (Wildman–Crippen LogP) is 0.542. The van der Waals surface area contributed by atoms with E-state index < -0.39 is 5.97 Å². The van der Waals surface area contributed by atoms with Gasteiger partial charge in [0.15, 0.2) is 0 Å². The second-order valence-electron chi connectivity index (χ2n) is 3.25. The summed E-state index contributed by atoms with van der Waals surface area (Å²) in [5.41, 5.74) is 0. The molecule has 4 nitrogen and oxygen atoms in total. The molecule has 1 atom stereocenters. The van der Waals surface area contributed by atoms with Gasteiger partial charge in [0.05, 0.1) is 6.42 Å². The zero-order chi connectivity index (χ0) is 9.84. The molecule has 0 aromatic heterocycles. The van der Waals surface area contributed by atoms with Crippen LogP contribution in [0.1, 0.15) is 19.3 Å². The van der Waals surface area contributed by atoms with Crippen LogP contribution in [-0.4, -0.2) is 23.0 Å². The van der Waals surface area contributed by atoms with E-state index >= 15 is 0 Å². The Bertz CT molecular complexity index is 233. The lowest BCUT2D eigenvalue weighted by Gasteiger charge is -2.14. The van der Waals surface area contributed by atoms with Crippen LogP contribution in [-0.2, 0) is 9.59 Å². The third kappa shape index (κ3) is 3.27. The van der Waals surface area contributed by atoms with E-state index in [1.807, 2.05) is 0 Å². The van der Waals surface area contributed by atoms with Gasteiger partial charge in [0, 0.05) is 6.04 Å². The number of hydrogen-bond acceptors (Lipinski definition) is 2. The van der Waals surface area contributed by atoms with Gasteiger partial charge in [-0.2, -0.15) is 0 Å². The summed E-state index contributed by atoms with van der Waals surface area (Å²) in [6, 6.07) is -0.219. The lowest BCUT2D eigenvalue weighted by atomic mass is 10.1. The topological polar surface area (TPSA) is 66.4 Å². The average Bonchev–Trinajstić information content (AvgIpc) is 2.84. The third-order valence-corrected chi connectivity index (χ3v) is 2.10. The molecule has 0 radical (unpaired) electrons. The quantitative estimate of drug-likeness (QED) is 0.611. The number of nitrogens with one attached hydrogen (secondary N) is 1. The second-order valence-corrected chi connectivity index (χ2v) is 3.25. The Kier molecular flexibility index (Phi) is 3.06. The fourth-order valence-corrected chi connectivity index (χ4v) is 1.26. The van der Waals surface area contributed by atoms with Crippen molar-refractivity contribution in [2.45, 2.75) is 25.3 Å². The minimum Gasteiger partial charge on any atom is -0.481 e. The maximum Gasteiger partial charge on any atom is 0.305 e. The highest BCUT2D eigenvalue weighted by molar-refractivity contribution is 5.87. The van der Waals surface area contributed by atoms with Gasteiger partial charge in [-0.25, -0.2) is 0 Å². The van der Waals surface area contributed by atoms with E-state index in [0.29, 0.717) is 5.92 Å². The molecule has 1 aliphatic rings. The zero-order valence-corrected chi connectivity index (χ0v) is 7.32. The molecule has 2 N–H and O–H groups in total. The highest BCUT2D eigenvalue weighted by Gasteiger charge is 2.33. The van der Waals surface area contributed by atoms with Crippen LogP contribution in [0.2, 0.25) is 0 Å². The molecule has 0 heterocycles. The minimum atomic E-state index is -0.874. The lowest BCUT2D eigenvalue weighted by Crippen LogP contribution is -2.36. The van der Waals surface area contributed by atoms with Crippen molar-refractivity contribution in [3.63, 3.8) is 0 Å². The molecule has 1 amide bonds. The van der Waals surface area contributed by atoms with Gasteiger partial charge in [0.2, 0.25) is 5.91 Å². The monoisotopic (exact) mass is 183 g/mol. The van der Waals surface area contributed by atoms with E-state index in [9.17, 15) is 9.59 Å². The number of carbonyl (C=O) groups is 2. The van der Waals surface area contributed by atoms with E-state index in [4.69, 9.17) is 5.11 Å². The van der Waals surface area contributed by atoms with Crippen molar-refractivity contribution in [3.05, 3.63) is 12.7 Å². The minimum absolute atomic E-state index is 0.00421. The van der Waals surface area contributed by atoms with Gasteiger partial charge < -0.3 is 10.4 Å². The first-order valence-electron chi connectivity index (χ1n) is 4.28. The third-order valence-electron chi connectivity index (χ3n) is 2.10. The molecule has 0 saturated heterocycles. The summed E-state index contributed by atoms with van der Waals surface area (Å²) in [5, 5.41) is 11.2. The standard InChI is InChI=1S/C9H13NO3/c1-2-8(11)10-7(5-9(12)13)6-3-4-6/h2,6-7H,1,3-5H2,(H,10,11)(H,12,13). The molecule has 1 rings (SSSR count). The highest BCUT2D eigenvalue weighted by Crippen LogP contribution is 2.33. The van der Waals surface area contributed by atoms with Crippen LogP contribution in [0.4, 0.5) is 0 Å². The maximum absolute atomic E-state index is 10.9. The van der Waals surface area contributed by atoms with Gasteiger partial charge >= 0.3 is 5.97 Å². The normalized spacial score (nSPS) is 17.5.